The highest BCUT2D eigenvalue weighted by molar-refractivity contribution is 6.20. The maximum absolute atomic E-state index is 5.80. The third-order valence-corrected chi connectivity index (χ3v) is 4.33. The van der Waals surface area contributed by atoms with E-state index in [1.807, 2.05) is 72.8 Å². The van der Waals surface area contributed by atoms with Crippen LogP contribution in [0.2, 0.25) is 0 Å². The minimum atomic E-state index is 0.163. The van der Waals surface area contributed by atoms with Crippen molar-refractivity contribution in [3.63, 3.8) is 0 Å². The van der Waals surface area contributed by atoms with Crippen molar-refractivity contribution in [2.45, 2.75) is 0 Å². The van der Waals surface area contributed by atoms with E-state index in [4.69, 9.17) is 9.31 Å². The Morgan fingerprint density at radius 2 is 0.815 bits per heavy atom. The summed E-state index contributed by atoms with van der Waals surface area (Å²) in [5.41, 5.74) is 4.58. The van der Waals surface area contributed by atoms with Gasteiger partial charge < -0.3 is 9.31 Å². The topological polar surface area (TPSA) is 18.5 Å². The van der Waals surface area contributed by atoms with Crippen LogP contribution in [0.15, 0.2) is 109 Å². The molecule has 0 aliphatic rings. The molecule has 0 N–H and O–H groups in total. The molecule has 0 aliphatic carbocycles. The Balaban J connectivity index is 1.41. The summed E-state index contributed by atoms with van der Waals surface area (Å²) in [5, 5.41) is 0. The van der Waals surface area contributed by atoms with Gasteiger partial charge in [-0.1, -0.05) is 84.9 Å². The van der Waals surface area contributed by atoms with Gasteiger partial charge in [0.2, 0.25) is 0 Å². The molecule has 27 heavy (non-hydrogen) atoms. The van der Waals surface area contributed by atoms with E-state index >= 15 is 0 Å². The Morgan fingerprint density at radius 3 is 1.26 bits per heavy atom. The SMILES string of the molecule is B(Oc1cccc(-c2ccccc2)c1)Oc1cccc(-c2ccccc2)c1. The lowest BCUT2D eigenvalue weighted by atomic mass is 10.1. The van der Waals surface area contributed by atoms with Crippen LogP contribution in [0.3, 0.4) is 0 Å². The molecule has 0 fully saturated rings. The van der Waals surface area contributed by atoms with Gasteiger partial charge in [0.05, 0.1) is 0 Å². The second-order valence-electron chi connectivity index (χ2n) is 6.19. The minimum Gasteiger partial charge on any atom is -0.529 e. The van der Waals surface area contributed by atoms with Crippen molar-refractivity contribution >= 4 is 7.69 Å². The molecule has 0 radical (unpaired) electrons. The van der Waals surface area contributed by atoms with Crippen molar-refractivity contribution < 1.29 is 9.31 Å². The van der Waals surface area contributed by atoms with Crippen molar-refractivity contribution in [2.24, 2.45) is 0 Å². The summed E-state index contributed by atoms with van der Waals surface area (Å²) in [7, 11) is 0.163. The fourth-order valence-corrected chi connectivity index (χ4v) is 2.96. The first-order chi connectivity index (χ1) is 13.4. The van der Waals surface area contributed by atoms with Crippen LogP contribution in [0.1, 0.15) is 0 Å². The molecule has 0 atom stereocenters. The van der Waals surface area contributed by atoms with E-state index in [9.17, 15) is 0 Å². The Bertz CT molecular complexity index is 918. The first kappa shape index (κ1) is 17.0. The standard InChI is InChI=1S/C24H19BO2/c1-3-9-19(10-4-1)21-13-7-15-23(17-21)26-25-27-24-16-8-14-22(18-24)20-11-5-2-6-12-20/h1-18,25H. The molecule has 4 rings (SSSR count). The van der Waals surface area contributed by atoms with Gasteiger partial charge in [-0.15, -0.1) is 0 Å². The fraction of sp³-hybridized carbons (Fsp3) is 0. The van der Waals surface area contributed by atoms with E-state index in [1.165, 1.54) is 11.1 Å². The molecule has 0 saturated heterocycles. The van der Waals surface area contributed by atoms with Crippen LogP contribution in [-0.4, -0.2) is 7.69 Å². The van der Waals surface area contributed by atoms with Crippen LogP contribution in [0.5, 0.6) is 11.5 Å². The lowest BCUT2D eigenvalue weighted by molar-refractivity contribution is 0.459. The van der Waals surface area contributed by atoms with Gasteiger partial charge in [0.25, 0.3) is 0 Å². The number of hydrogen-bond donors (Lipinski definition) is 0. The van der Waals surface area contributed by atoms with Crippen molar-refractivity contribution in [3.8, 4) is 33.8 Å². The smallest absolute Gasteiger partial charge is 0.529 e. The molecule has 0 aromatic heterocycles. The largest absolute Gasteiger partial charge is 0.576 e. The molecular formula is C24H19BO2. The van der Waals surface area contributed by atoms with Gasteiger partial charge in [-0.25, -0.2) is 0 Å². The van der Waals surface area contributed by atoms with Gasteiger partial charge in [-0.3, -0.25) is 0 Å². The Hall–Kier alpha value is -3.46. The molecule has 130 valence electrons. The molecule has 2 nitrogen and oxygen atoms in total. The average molecular weight is 350 g/mol. The van der Waals surface area contributed by atoms with Crippen molar-refractivity contribution in [1.29, 1.82) is 0 Å². The number of hydrogen-bond acceptors (Lipinski definition) is 2. The van der Waals surface area contributed by atoms with Crippen LogP contribution in [0.25, 0.3) is 22.3 Å². The van der Waals surface area contributed by atoms with E-state index in [1.54, 1.807) is 0 Å². The molecule has 4 aromatic carbocycles. The zero-order valence-electron chi connectivity index (χ0n) is 14.9. The van der Waals surface area contributed by atoms with Gasteiger partial charge in [-0.2, -0.15) is 0 Å². The maximum atomic E-state index is 5.80. The number of rotatable bonds is 6. The quantitative estimate of drug-likeness (QED) is 0.413. The first-order valence-electron chi connectivity index (χ1n) is 8.95. The summed E-state index contributed by atoms with van der Waals surface area (Å²) in [6, 6.07) is 36.6. The summed E-state index contributed by atoms with van der Waals surface area (Å²) >= 11 is 0. The monoisotopic (exact) mass is 350 g/mol. The summed E-state index contributed by atoms with van der Waals surface area (Å²) in [5.74, 6) is 1.58. The molecule has 0 aliphatic heterocycles. The molecule has 3 heteroatoms. The van der Waals surface area contributed by atoms with Crippen LogP contribution in [-0.2, 0) is 0 Å². The Morgan fingerprint density at radius 1 is 0.407 bits per heavy atom. The van der Waals surface area contributed by atoms with Crippen molar-refractivity contribution in [3.05, 3.63) is 109 Å². The zero-order chi connectivity index (χ0) is 18.3. The summed E-state index contributed by atoms with van der Waals surface area (Å²) in [6.07, 6.45) is 0. The molecule has 0 heterocycles. The number of benzene rings is 4. The van der Waals surface area contributed by atoms with E-state index in [0.29, 0.717) is 0 Å². The third-order valence-electron chi connectivity index (χ3n) is 4.33. The first-order valence-corrected chi connectivity index (χ1v) is 8.95. The summed E-state index contributed by atoms with van der Waals surface area (Å²) < 4.78 is 11.6. The van der Waals surface area contributed by atoms with E-state index in [0.717, 1.165) is 22.6 Å². The zero-order valence-corrected chi connectivity index (χ0v) is 14.9. The molecule has 0 amide bonds. The predicted octanol–water partition coefficient (Wildman–Crippen LogP) is 5.74. The second kappa shape index (κ2) is 8.28. The summed E-state index contributed by atoms with van der Waals surface area (Å²) in [4.78, 5) is 0. The van der Waals surface area contributed by atoms with Gasteiger partial charge >= 0.3 is 7.69 Å². The Labute approximate surface area is 160 Å². The molecule has 0 saturated carbocycles. The van der Waals surface area contributed by atoms with Crippen LogP contribution in [0.4, 0.5) is 0 Å². The summed E-state index contributed by atoms with van der Waals surface area (Å²) in [6.45, 7) is 0. The minimum absolute atomic E-state index is 0.163. The average Bonchev–Trinajstić information content (AvgIpc) is 2.75. The maximum Gasteiger partial charge on any atom is 0.576 e. The van der Waals surface area contributed by atoms with Crippen LogP contribution >= 0.6 is 0 Å². The molecule has 0 bridgehead atoms. The lowest BCUT2D eigenvalue weighted by Crippen LogP contribution is -2.10. The molecule has 4 aromatic rings. The van der Waals surface area contributed by atoms with E-state index in [2.05, 4.69) is 36.4 Å². The van der Waals surface area contributed by atoms with Crippen molar-refractivity contribution in [2.75, 3.05) is 0 Å². The molecular weight excluding hydrogens is 331 g/mol. The predicted molar refractivity (Wildman–Crippen MR) is 112 cm³/mol. The van der Waals surface area contributed by atoms with E-state index < -0.39 is 0 Å². The molecule has 0 spiro atoms. The highest BCUT2D eigenvalue weighted by Crippen LogP contribution is 2.25. The Kier molecular flexibility index (Phi) is 5.21. The normalized spacial score (nSPS) is 10.2. The van der Waals surface area contributed by atoms with Crippen molar-refractivity contribution in [1.82, 2.24) is 0 Å². The highest BCUT2D eigenvalue weighted by Gasteiger charge is 2.04. The fourth-order valence-electron chi connectivity index (χ4n) is 2.96. The van der Waals surface area contributed by atoms with Gasteiger partial charge in [0.1, 0.15) is 11.5 Å². The van der Waals surface area contributed by atoms with Gasteiger partial charge in [0.15, 0.2) is 0 Å². The third kappa shape index (κ3) is 4.39. The van der Waals surface area contributed by atoms with E-state index in [-0.39, 0.29) is 7.69 Å². The van der Waals surface area contributed by atoms with Crippen LogP contribution < -0.4 is 9.31 Å². The lowest BCUT2D eigenvalue weighted by Gasteiger charge is -2.10. The molecule has 0 unspecified atom stereocenters. The second-order valence-corrected chi connectivity index (χ2v) is 6.19. The van der Waals surface area contributed by atoms with Gasteiger partial charge in [0, 0.05) is 0 Å². The van der Waals surface area contributed by atoms with Crippen LogP contribution in [0, 0.1) is 0 Å². The van der Waals surface area contributed by atoms with Gasteiger partial charge in [-0.05, 0) is 46.5 Å². The highest BCUT2D eigenvalue weighted by atomic mass is 16.6.